The number of hydrogen-bond donors (Lipinski definition) is 2. The van der Waals surface area contributed by atoms with Crippen LogP contribution in [0.15, 0.2) is 47.5 Å². The van der Waals surface area contributed by atoms with Gasteiger partial charge in [-0.2, -0.15) is 0 Å². The minimum absolute atomic E-state index is 0.658. The van der Waals surface area contributed by atoms with Gasteiger partial charge in [-0.25, -0.2) is 0 Å². The molecule has 2 aromatic carbocycles. The molecule has 26 heavy (non-hydrogen) atoms. The first-order chi connectivity index (χ1) is 12.7. The van der Waals surface area contributed by atoms with Crippen LogP contribution in [-0.4, -0.2) is 33.8 Å². The fraction of sp³-hybridized carbons (Fsp3) is 0.381. The zero-order chi connectivity index (χ0) is 18.8. The van der Waals surface area contributed by atoms with Gasteiger partial charge in [-0.1, -0.05) is 37.3 Å². The van der Waals surface area contributed by atoms with Gasteiger partial charge < -0.3 is 20.1 Å². The third kappa shape index (κ3) is 5.69. The third-order valence-corrected chi connectivity index (χ3v) is 4.27. The van der Waals surface area contributed by atoms with E-state index in [2.05, 4.69) is 46.8 Å². The van der Waals surface area contributed by atoms with Crippen molar-refractivity contribution in [2.45, 2.75) is 26.3 Å². The summed E-state index contributed by atoms with van der Waals surface area (Å²) in [6.45, 7) is 3.66. The van der Waals surface area contributed by atoms with Crippen LogP contribution < -0.4 is 20.1 Å². The van der Waals surface area contributed by atoms with E-state index in [1.54, 1.807) is 21.3 Å². The highest BCUT2D eigenvalue weighted by Crippen LogP contribution is 2.27. The van der Waals surface area contributed by atoms with Crippen LogP contribution in [0.2, 0.25) is 0 Å². The van der Waals surface area contributed by atoms with E-state index < -0.39 is 0 Å². The topological polar surface area (TPSA) is 54.9 Å². The van der Waals surface area contributed by atoms with Crippen molar-refractivity contribution in [3.05, 3.63) is 59.2 Å². The van der Waals surface area contributed by atoms with Crippen LogP contribution in [-0.2, 0) is 19.4 Å². The summed E-state index contributed by atoms with van der Waals surface area (Å²) in [5.74, 6) is 2.24. The standard InChI is InChI=1S/C21H29N3O2/c1-5-16-6-8-17(9-7-16)12-13-23-21(22-2)24-15-18-10-11-19(25-3)20(14-18)26-4/h6-11,14H,5,12-13,15H2,1-4H3,(H2,22,23,24). The molecule has 0 aliphatic heterocycles. The molecule has 0 saturated carbocycles. The van der Waals surface area contributed by atoms with Crippen molar-refractivity contribution < 1.29 is 9.47 Å². The molecule has 5 heteroatoms. The molecule has 2 aromatic rings. The van der Waals surface area contributed by atoms with Gasteiger partial charge in [0.2, 0.25) is 0 Å². The van der Waals surface area contributed by atoms with E-state index in [1.807, 2.05) is 18.2 Å². The molecule has 0 bridgehead atoms. The molecule has 2 rings (SSSR count). The zero-order valence-electron chi connectivity index (χ0n) is 16.1. The van der Waals surface area contributed by atoms with Crippen molar-refractivity contribution >= 4 is 5.96 Å². The third-order valence-electron chi connectivity index (χ3n) is 4.27. The van der Waals surface area contributed by atoms with E-state index in [-0.39, 0.29) is 0 Å². The van der Waals surface area contributed by atoms with Gasteiger partial charge in [0.1, 0.15) is 0 Å². The van der Waals surface area contributed by atoms with Gasteiger partial charge in [-0.15, -0.1) is 0 Å². The molecule has 0 unspecified atom stereocenters. The van der Waals surface area contributed by atoms with Crippen molar-refractivity contribution in [3.63, 3.8) is 0 Å². The lowest BCUT2D eigenvalue weighted by Crippen LogP contribution is -2.37. The predicted octanol–water partition coefficient (Wildman–Crippen LogP) is 3.17. The number of methoxy groups -OCH3 is 2. The van der Waals surface area contributed by atoms with E-state index in [4.69, 9.17) is 9.47 Å². The van der Waals surface area contributed by atoms with Crippen LogP contribution in [0, 0.1) is 0 Å². The molecule has 0 radical (unpaired) electrons. The maximum atomic E-state index is 5.34. The van der Waals surface area contributed by atoms with Crippen molar-refractivity contribution in [3.8, 4) is 11.5 Å². The Kier molecular flexibility index (Phi) is 7.80. The first kappa shape index (κ1) is 19.6. The minimum atomic E-state index is 0.658. The summed E-state index contributed by atoms with van der Waals surface area (Å²) >= 11 is 0. The fourth-order valence-electron chi connectivity index (χ4n) is 2.66. The Bertz CT molecular complexity index is 712. The van der Waals surface area contributed by atoms with Crippen LogP contribution >= 0.6 is 0 Å². The number of benzene rings is 2. The summed E-state index contributed by atoms with van der Waals surface area (Å²) in [5.41, 5.74) is 3.79. The van der Waals surface area contributed by atoms with Crippen LogP contribution in [0.5, 0.6) is 11.5 Å². The van der Waals surface area contributed by atoms with E-state index >= 15 is 0 Å². The predicted molar refractivity (Wildman–Crippen MR) is 107 cm³/mol. The summed E-state index contributed by atoms with van der Waals surface area (Å²) in [6.07, 6.45) is 2.03. The van der Waals surface area contributed by atoms with Gasteiger partial charge in [-0.05, 0) is 41.7 Å². The molecule has 140 valence electrons. The number of aryl methyl sites for hydroxylation is 1. The summed E-state index contributed by atoms with van der Waals surface area (Å²) in [6, 6.07) is 14.7. The molecule has 0 aliphatic rings. The van der Waals surface area contributed by atoms with E-state index in [0.29, 0.717) is 6.54 Å². The van der Waals surface area contributed by atoms with Crippen LogP contribution in [0.25, 0.3) is 0 Å². The Morgan fingerprint density at radius 3 is 2.15 bits per heavy atom. The molecule has 0 atom stereocenters. The molecule has 2 N–H and O–H groups in total. The Balaban J connectivity index is 1.82. The molecule has 0 spiro atoms. The summed E-state index contributed by atoms with van der Waals surface area (Å²) in [7, 11) is 5.06. The number of rotatable bonds is 8. The van der Waals surface area contributed by atoms with E-state index in [0.717, 1.165) is 42.4 Å². The lowest BCUT2D eigenvalue weighted by molar-refractivity contribution is 0.354. The van der Waals surface area contributed by atoms with Crippen LogP contribution in [0.1, 0.15) is 23.6 Å². The number of aliphatic imine (C=N–C) groups is 1. The lowest BCUT2D eigenvalue weighted by atomic mass is 10.1. The first-order valence-electron chi connectivity index (χ1n) is 8.93. The smallest absolute Gasteiger partial charge is 0.191 e. The SMILES string of the molecule is CCc1ccc(CCNC(=NC)NCc2ccc(OC)c(OC)c2)cc1. The fourth-order valence-corrected chi connectivity index (χ4v) is 2.66. The highest BCUT2D eigenvalue weighted by Gasteiger charge is 2.05. The van der Waals surface area contributed by atoms with Gasteiger partial charge >= 0.3 is 0 Å². The normalized spacial score (nSPS) is 11.2. The van der Waals surface area contributed by atoms with Crippen molar-refractivity contribution in [1.29, 1.82) is 0 Å². The second kappa shape index (κ2) is 10.3. The molecular weight excluding hydrogens is 326 g/mol. The molecule has 0 aromatic heterocycles. The van der Waals surface area contributed by atoms with Gasteiger partial charge in [0.05, 0.1) is 14.2 Å². The maximum Gasteiger partial charge on any atom is 0.191 e. The quantitative estimate of drug-likeness (QED) is 0.564. The first-order valence-corrected chi connectivity index (χ1v) is 8.93. The van der Waals surface area contributed by atoms with Crippen molar-refractivity contribution in [2.24, 2.45) is 4.99 Å². The van der Waals surface area contributed by atoms with Gasteiger partial charge in [0, 0.05) is 20.1 Å². The zero-order valence-corrected chi connectivity index (χ0v) is 16.1. The summed E-state index contributed by atoms with van der Waals surface area (Å²) in [5, 5.41) is 6.67. The molecule has 0 heterocycles. The Morgan fingerprint density at radius 1 is 0.885 bits per heavy atom. The average Bonchev–Trinajstić information content (AvgIpc) is 2.70. The maximum absolute atomic E-state index is 5.34. The minimum Gasteiger partial charge on any atom is -0.493 e. The van der Waals surface area contributed by atoms with Crippen molar-refractivity contribution in [1.82, 2.24) is 10.6 Å². The molecular formula is C21H29N3O2. The number of ether oxygens (including phenoxy) is 2. The highest BCUT2D eigenvalue weighted by atomic mass is 16.5. The van der Waals surface area contributed by atoms with Crippen molar-refractivity contribution in [2.75, 3.05) is 27.8 Å². The van der Waals surface area contributed by atoms with Gasteiger partial charge in [0.15, 0.2) is 17.5 Å². The van der Waals surface area contributed by atoms with Crippen LogP contribution in [0.3, 0.4) is 0 Å². The van der Waals surface area contributed by atoms with E-state index in [1.165, 1.54) is 11.1 Å². The second-order valence-corrected chi connectivity index (χ2v) is 5.96. The Morgan fingerprint density at radius 2 is 1.54 bits per heavy atom. The molecule has 0 aliphatic carbocycles. The highest BCUT2D eigenvalue weighted by molar-refractivity contribution is 5.79. The lowest BCUT2D eigenvalue weighted by Gasteiger charge is -2.13. The number of nitrogens with one attached hydrogen (secondary N) is 2. The van der Waals surface area contributed by atoms with Crippen LogP contribution in [0.4, 0.5) is 0 Å². The summed E-state index contributed by atoms with van der Waals surface area (Å²) in [4.78, 5) is 4.28. The molecule has 0 amide bonds. The molecule has 0 saturated heterocycles. The van der Waals surface area contributed by atoms with Gasteiger partial charge in [-0.3, -0.25) is 4.99 Å². The molecule has 0 fully saturated rings. The van der Waals surface area contributed by atoms with Gasteiger partial charge in [0.25, 0.3) is 0 Å². The average molecular weight is 355 g/mol. The number of nitrogens with zero attached hydrogens (tertiary/aromatic N) is 1. The monoisotopic (exact) mass is 355 g/mol. The second-order valence-electron chi connectivity index (χ2n) is 5.96. The number of guanidine groups is 1. The Hall–Kier alpha value is -2.69. The van der Waals surface area contributed by atoms with E-state index in [9.17, 15) is 0 Å². The number of hydrogen-bond acceptors (Lipinski definition) is 3. The largest absolute Gasteiger partial charge is 0.493 e. The summed E-state index contributed by atoms with van der Waals surface area (Å²) < 4.78 is 10.6. The Labute approximate surface area is 156 Å². The molecule has 5 nitrogen and oxygen atoms in total.